The molecule has 0 amide bonds. The lowest BCUT2D eigenvalue weighted by Gasteiger charge is -2.20. The summed E-state index contributed by atoms with van der Waals surface area (Å²) in [5, 5.41) is 10.7. The zero-order valence-electron chi connectivity index (χ0n) is 9.56. The van der Waals surface area contributed by atoms with E-state index >= 15 is 0 Å². The first-order valence-electron chi connectivity index (χ1n) is 5.99. The highest BCUT2D eigenvalue weighted by molar-refractivity contribution is 5.52. The van der Waals surface area contributed by atoms with Crippen molar-refractivity contribution in [3.63, 3.8) is 0 Å². The van der Waals surface area contributed by atoms with Crippen molar-refractivity contribution in [2.24, 2.45) is 0 Å². The Morgan fingerprint density at radius 2 is 2.06 bits per heavy atom. The van der Waals surface area contributed by atoms with Gasteiger partial charge in [0.05, 0.1) is 6.04 Å². The highest BCUT2D eigenvalue weighted by atomic mass is 15.2. The van der Waals surface area contributed by atoms with Gasteiger partial charge < -0.3 is 5.32 Å². The molecule has 3 heterocycles. The quantitative estimate of drug-likeness (QED) is 0.822. The maximum absolute atomic E-state index is 4.55. The normalized spacial score (nSPS) is 20.4. The molecule has 1 aliphatic heterocycles. The second-order valence-electron chi connectivity index (χ2n) is 4.28. The Morgan fingerprint density at radius 3 is 2.82 bits per heavy atom. The van der Waals surface area contributed by atoms with Crippen LogP contribution < -0.4 is 5.32 Å². The minimum Gasteiger partial charge on any atom is -0.307 e. The lowest BCUT2D eigenvalue weighted by Crippen LogP contribution is -2.27. The third-order valence-electron chi connectivity index (χ3n) is 3.08. The maximum atomic E-state index is 4.55. The van der Waals surface area contributed by atoms with E-state index in [1.807, 2.05) is 12.1 Å². The standard InChI is InChI=1S/C12H15N5/c1-2-6-14-10(3-1)12-15-11(16-17-12)9-4-7-13-8-5-9/h4-5,7-8,10,14H,1-3,6H2,(H,15,16,17)/t10-/m0/s1. The Kier molecular flexibility index (Phi) is 2.83. The number of nitrogens with one attached hydrogen (secondary N) is 2. The van der Waals surface area contributed by atoms with Gasteiger partial charge >= 0.3 is 0 Å². The molecule has 88 valence electrons. The zero-order valence-corrected chi connectivity index (χ0v) is 9.56. The van der Waals surface area contributed by atoms with Gasteiger partial charge in [-0.2, -0.15) is 5.10 Å². The number of piperidine rings is 1. The molecular formula is C12H15N5. The predicted octanol–water partition coefficient (Wildman–Crippen LogP) is 1.68. The highest BCUT2D eigenvalue weighted by Gasteiger charge is 2.18. The molecule has 1 atom stereocenters. The van der Waals surface area contributed by atoms with Gasteiger partial charge in [-0.05, 0) is 31.5 Å². The van der Waals surface area contributed by atoms with Crippen molar-refractivity contribution in [3.8, 4) is 11.4 Å². The van der Waals surface area contributed by atoms with Crippen molar-refractivity contribution in [2.45, 2.75) is 25.3 Å². The summed E-state index contributed by atoms with van der Waals surface area (Å²) in [6.45, 7) is 1.07. The third kappa shape index (κ3) is 2.19. The van der Waals surface area contributed by atoms with Crippen LogP contribution in [0.15, 0.2) is 24.5 Å². The fraction of sp³-hybridized carbons (Fsp3) is 0.417. The highest BCUT2D eigenvalue weighted by Crippen LogP contribution is 2.21. The molecule has 17 heavy (non-hydrogen) atoms. The second-order valence-corrected chi connectivity index (χ2v) is 4.28. The Balaban J connectivity index is 1.83. The SMILES string of the molecule is c1cc(-c2n[nH]c([C@@H]3CCCCN3)n2)ccn1. The first-order valence-corrected chi connectivity index (χ1v) is 5.99. The van der Waals surface area contributed by atoms with E-state index in [0.29, 0.717) is 6.04 Å². The molecule has 0 aliphatic carbocycles. The van der Waals surface area contributed by atoms with Crippen LogP contribution in [-0.2, 0) is 0 Å². The predicted molar refractivity (Wildman–Crippen MR) is 64.2 cm³/mol. The zero-order chi connectivity index (χ0) is 11.5. The molecule has 5 nitrogen and oxygen atoms in total. The van der Waals surface area contributed by atoms with Crippen LogP contribution in [0.2, 0.25) is 0 Å². The number of hydrogen-bond donors (Lipinski definition) is 2. The number of pyridine rings is 1. The summed E-state index contributed by atoms with van der Waals surface area (Å²) >= 11 is 0. The van der Waals surface area contributed by atoms with Gasteiger partial charge in [0.15, 0.2) is 5.82 Å². The molecule has 2 aromatic rings. The molecule has 5 heteroatoms. The van der Waals surface area contributed by atoms with E-state index < -0.39 is 0 Å². The third-order valence-corrected chi connectivity index (χ3v) is 3.08. The molecule has 2 aromatic heterocycles. The number of aromatic nitrogens is 4. The molecule has 0 spiro atoms. The molecule has 1 saturated heterocycles. The lowest BCUT2D eigenvalue weighted by atomic mass is 10.0. The van der Waals surface area contributed by atoms with Crippen molar-refractivity contribution >= 4 is 0 Å². The second kappa shape index (κ2) is 4.63. The van der Waals surface area contributed by atoms with Crippen LogP contribution >= 0.6 is 0 Å². The van der Waals surface area contributed by atoms with E-state index in [9.17, 15) is 0 Å². The summed E-state index contributed by atoms with van der Waals surface area (Å²) in [4.78, 5) is 8.54. The molecule has 0 unspecified atom stereocenters. The van der Waals surface area contributed by atoms with E-state index in [1.54, 1.807) is 12.4 Å². The molecule has 3 rings (SSSR count). The van der Waals surface area contributed by atoms with Crippen molar-refractivity contribution < 1.29 is 0 Å². The molecule has 0 aromatic carbocycles. The average molecular weight is 229 g/mol. The van der Waals surface area contributed by atoms with Crippen LogP contribution in [0.1, 0.15) is 31.1 Å². The van der Waals surface area contributed by atoms with Crippen LogP contribution in [-0.4, -0.2) is 26.7 Å². The number of aromatic amines is 1. The van der Waals surface area contributed by atoms with Gasteiger partial charge in [0.1, 0.15) is 5.82 Å². The summed E-state index contributed by atoms with van der Waals surface area (Å²) < 4.78 is 0. The Hall–Kier alpha value is -1.75. The summed E-state index contributed by atoms with van der Waals surface area (Å²) in [6, 6.07) is 4.16. The fourth-order valence-electron chi connectivity index (χ4n) is 2.15. The number of hydrogen-bond acceptors (Lipinski definition) is 4. The van der Waals surface area contributed by atoms with Gasteiger partial charge in [-0.1, -0.05) is 6.42 Å². The van der Waals surface area contributed by atoms with Crippen molar-refractivity contribution in [1.29, 1.82) is 0 Å². The largest absolute Gasteiger partial charge is 0.307 e. The van der Waals surface area contributed by atoms with Crippen molar-refractivity contribution in [2.75, 3.05) is 6.54 Å². The lowest BCUT2D eigenvalue weighted by molar-refractivity contribution is 0.398. The fourth-order valence-corrected chi connectivity index (χ4v) is 2.15. The average Bonchev–Trinajstić information content (AvgIpc) is 2.90. The van der Waals surface area contributed by atoms with E-state index in [0.717, 1.165) is 30.2 Å². The van der Waals surface area contributed by atoms with Crippen LogP contribution in [0.3, 0.4) is 0 Å². The van der Waals surface area contributed by atoms with Gasteiger partial charge in [0, 0.05) is 18.0 Å². The molecule has 0 bridgehead atoms. The first kappa shape index (κ1) is 10.4. The Labute approximate surface area is 99.7 Å². The minimum absolute atomic E-state index is 0.326. The van der Waals surface area contributed by atoms with Crippen LogP contribution in [0, 0.1) is 0 Å². The van der Waals surface area contributed by atoms with Gasteiger partial charge in [-0.3, -0.25) is 10.1 Å². The van der Waals surface area contributed by atoms with Crippen molar-refractivity contribution in [1.82, 2.24) is 25.5 Å². The maximum Gasteiger partial charge on any atom is 0.181 e. The number of H-pyrrole nitrogens is 1. The van der Waals surface area contributed by atoms with Gasteiger partial charge in [-0.25, -0.2) is 4.98 Å². The number of rotatable bonds is 2. The van der Waals surface area contributed by atoms with E-state index in [4.69, 9.17) is 0 Å². The Morgan fingerprint density at radius 1 is 1.18 bits per heavy atom. The summed E-state index contributed by atoms with van der Waals surface area (Å²) in [5.41, 5.74) is 0.998. The molecular weight excluding hydrogens is 214 g/mol. The van der Waals surface area contributed by atoms with Crippen LogP contribution in [0.4, 0.5) is 0 Å². The van der Waals surface area contributed by atoms with Gasteiger partial charge in [-0.15, -0.1) is 0 Å². The van der Waals surface area contributed by atoms with Gasteiger partial charge in [0.2, 0.25) is 0 Å². The summed E-state index contributed by atoms with van der Waals surface area (Å²) in [5.74, 6) is 1.69. The molecule has 0 saturated carbocycles. The van der Waals surface area contributed by atoms with Crippen LogP contribution in [0.25, 0.3) is 11.4 Å². The molecule has 1 aliphatic rings. The topological polar surface area (TPSA) is 66.5 Å². The summed E-state index contributed by atoms with van der Waals surface area (Å²) in [7, 11) is 0. The Bertz CT molecular complexity index is 473. The minimum atomic E-state index is 0.326. The smallest absolute Gasteiger partial charge is 0.181 e. The summed E-state index contributed by atoms with van der Waals surface area (Å²) in [6.07, 6.45) is 7.14. The van der Waals surface area contributed by atoms with E-state index in [1.165, 1.54) is 12.8 Å². The number of nitrogens with zero attached hydrogens (tertiary/aromatic N) is 3. The molecule has 2 N–H and O–H groups in total. The van der Waals surface area contributed by atoms with E-state index in [-0.39, 0.29) is 0 Å². The first-order chi connectivity index (χ1) is 8.43. The molecule has 0 radical (unpaired) electrons. The van der Waals surface area contributed by atoms with Crippen molar-refractivity contribution in [3.05, 3.63) is 30.4 Å². The van der Waals surface area contributed by atoms with Gasteiger partial charge in [0.25, 0.3) is 0 Å². The molecule has 1 fully saturated rings. The van der Waals surface area contributed by atoms with E-state index in [2.05, 4.69) is 25.5 Å². The van der Waals surface area contributed by atoms with Crippen LogP contribution in [0.5, 0.6) is 0 Å². The monoisotopic (exact) mass is 229 g/mol.